The molecule has 0 aromatic heterocycles. The standard InChI is InChI=1S/2C7H5N3O4S.Na/c2*8-9-10-15(13,14)6-3-1-5(2-4-6)7(11)12;/h2*1-4H,(H,11,12);/q;;+1/p-1. The molecule has 0 unspecified atom stereocenters. The second-order valence-corrected chi connectivity index (χ2v) is 8.10. The summed E-state index contributed by atoms with van der Waals surface area (Å²) in [6, 6.07) is 8.50. The largest absolute Gasteiger partial charge is 1.00 e. The van der Waals surface area contributed by atoms with Crippen molar-refractivity contribution in [3.05, 3.63) is 80.5 Å². The maximum atomic E-state index is 11.1. The van der Waals surface area contributed by atoms with Gasteiger partial charge >= 0.3 is 35.5 Å². The first kappa shape index (κ1) is 27.9. The molecule has 1 N–H and O–H groups in total. The molecule has 2 rings (SSSR count). The summed E-state index contributed by atoms with van der Waals surface area (Å²) in [7, 11) is -8.10. The average molecular weight is 476 g/mol. The van der Waals surface area contributed by atoms with E-state index in [0.29, 0.717) is 0 Å². The van der Waals surface area contributed by atoms with Crippen molar-refractivity contribution in [2.45, 2.75) is 9.79 Å². The van der Waals surface area contributed by atoms with E-state index in [1.54, 1.807) is 0 Å². The number of aromatic carboxylic acids is 2. The van der Waals surface area contributed by atoms with E-state index >= 15 is 0 Å². The van der Waals surface area contributed by atoms with Gasteiger partial charge in [-0.1, -0.05) is 12.1 Å². The summed E-state index contributed by atoms with van der Waals surface area (Å²) in [5.74, 6) is -2.58. The third-order valence-corrected chi connectivity index (χ3v) is 5.39. The van der Waals surface area contributed by atoms with Crippen LogP contribution in [0.15, 0.2) is 67.4 Å². The minimum atomic E-state index is -4.06. The Bertz CT molecular complexity index is 1160. The van der Waals surface area contributed by atoms with Crippen molar-refractivity contribution in [3.63, 3.8) is 0 Å². The molecule has 0 radical (unpaired) electrons. The Morgan fingerprint density at radius 2 is 1.10 bits per heavy atom. The molecule has 0 aliphatic rings. The van der Waals surface area contributed by atoms with Crippen LogP contribution in [0, 0.1) is 0 Å². The summed E-state index contributed by atoms with van der Waals surface area (Å²) in [5.41, 5.74) is 15.8. The second-order valence-electron chi connectivity index (χ2n) is 4.93. The minimum absolute atomic E-state index is 0. The number of carbonyl (C=O) groups is 2. The molecule has 0 spiro atoms. The summed E-state index contributed by atoms with van der Waals surface area (Å²) >= 11 is 0. The topological polar surface area (TPSA) is 243 Å². The number of hydrogen-bond acceptors (Lipinski definition) is 7. The molecule has 156 valence electrons. The fraction of sp³-hybridized carbons (Fsp3) is 0. The van der Waals surface area contributed by atoms with Crippen molar-refractivity contribution < 1.29 is 66.2 Å². The number of carboxylic acid groups (broad SMARTS) is 2. The average Bonchev–Trinajstić information content (AvgIpc) is 2.68. The van der Waals surface area contributed by atoms with E-state index < -0.39 is 32.0 Å². The first-order valence-corrected chi connectivity index (χ1v) is 10.1. The van der Waals surface area contributed by atoms with Crippen molar-refractivity contribution >= 4 is 32.0 Å². The molecule has 0 heterocycles. The molecule has 2 aromatic carbocycles. The van der Waals surface area contributed by atoms with Crippen LogP contribution in [0.4, 0.5) is 0 Å². The first-order chi connectivity index (χ1) is 13.9. The third kappa shape index (κ3) is 8.27. The van der Waals surface area contributed by atoms with Gasteiger partial charge in [0, 0.05) is 18.9 Å². The molecule has 0 amide bonds. The molecule has 0 aliphatic carbocycles. The zero-order valence-electron chi connectivity index (χ0n) is 15.4. The van der Waals surface area contributed by atoms with Crippen LogP contribution in [0.1, 0.15) is 20.7 Å². The van der Waals surface area contributed by atoms with E-state index in [0.717, 1.165) is 48.5 Å². The third-order valence-electron chi connectivity index (χ3n) is 3.08. The van der Waals surface area contributed by atoms with E-state index in [9.17, 15) is 31.5 Å². The number of carbonyl (C=O) groups excluding carboxylic acids is 1. The van der Waals surface area contributed by atoms with E-state index in [1.807, 2.05) is 0 Å². The van der Waals surface area contributed by atoms with Gasteiger partial charge in [-0.2, -0.15) is 0 Å². The number of nitrogens with zero attached hydrogens (tertiary/aromatic N) is 6. The van der Waals surface area contributed by atoms with E-state index in [2.05, 4.69) is 18.9 Å². The van der Waals surface area contributed by atoms with Crippen LogP contribution in [0.25, 0.3) is 20.9 Å². The van der Waals surface area contributed by atoms with Crippen molar-refractivity contribution in [2.24, 2.45) is 9.04 Å². The smallest absolute Gasteiger partial charge is 0.545 e. The maximum Gasteiger partial charge on any atom is 1.00 e. The van der Waals surface area contributed by atoms with E-state index in [4.69, 9.17) is 16.2 Å². The number of sulfonamides is 2. The maximum absolute atomic E-state index is 11.1. The molecule has 0 saturated carbocycles. The van der Waals surface area contributed by atoms with Gasteiger partial charge in [0.15, 0.2) is 0 Å². The molecule has 31 heavy (non-hydrogen) atoms. The van der Waals surface area contributed by atoms with Crippen LogP contribution in [0.3, 0.4) is 0 Å². The van der Waals surface area contributed by atoms with Crippen LogP contribution >= 0.6 is 0 Å². The molecule has 0 atom stereocenters. The quantitative estimate of drug-likeness (QED) is 0.220. The van der Waals surface area contributed by atoms with Gasteiger partial charge < -0.3 is 15.0 Å². The Morgan fingerprint density at radius 3 is 1.35 bits per heavy atom. The van der Waals surface area contributed by atoms with Gasteiger partial charge in [0.25, 0.3) is 20.0 Å². The molecule has 2 aromatic rings. The molecule has 17 heteroatoms. The Hall–Kier alpha value is -3.10. The summed E-state index contributed by atoms with van der Waals surface area (Å²) < 4.78 is 49.7. The van der Waals surface area contributed by atoms with Crippen LogP contribution in [-0.2, 0) is 20.0 Å². The van der Waals surface area contributed by atoms with Crippen LogP contribution < -0.4 is 34.7 Å². The molecule has 0 saturated heterocycles. The summed E-state index contributed by atoms with van der Waals surface area (Å²) in [6.07, 6.45) is 0. The van der Waals surface area contributed by atoms with Gasteiger partial charge in [0.05, 0.1) is 21.3 Å². The van der Waals surface area contributed by atoms with Gasteiger partial charge in [0.2, 0.25) is 0 Å². The van der Waals surface area contributed by atoms with Gasteiger partial charge in [0.1, 0.15) is 0 Å². The zero-order chi connectivity index (χ0) is 22.9. The minimum Gasteiger partial charge on any atom is -0.545 e. The van der Waals surface area contributed by atoms with Gasteiger partial charge in [-0.3, -0.25) is 0 Å². The second kappa shape index (κ2) is 11.9. The summed E-state index contributed by atoms with van der Waals surface area (Å²) in [6.45, 7) is 0. The molecule has 0 aliphatic heterocycles. The Balaban J connectivity index is 0.000000562. The van der Waals surface area contributed by atoms with E-state index in [1.165, 1.54) is 0 Å². The fourth-order valence-corrected chi connectivity index (χ4v) is 3.06. The first-order valence-electron chi connectivity index (χ1n) is 7.22. The number of hydrogen-bond donors (Lipinski definition) is 1. The van der Waals surface area contributed by atoms with Crippen LogP contribution in [-0.4, -0.2) is 33.9 Å². The number of carboxylic acids is 2. The predicted octanol–water partition coefficient (Wildman–Crippen LogP) is -1.56. The Kier molecular flexibility index (Phi) is 10.7. The SMILES string of the molecule is [N-]=[N+]=NS(=O)(=O)c1ccc(C(=O)O)cc1.[N-]=[N+]=NS(=O)(=O)c1ccc(C(=O)[O-])cc1.[Na+]. The molecular formula is C14H9N6NaO8S2. The predicted molar refractivity (Wildman–Crippen MR) is 96.8 cm³/mol. The molecule has 14 nitrogen and oxygen atoms in total. The molecule has 0 fully saturated rings. The van der Waals surface area contributed by atoms with Crippen LogP contribution in [0.2, 0.25) is 0 Å². The van der Waals surface area contributed by atoms with Gasteiger partial charge in [-0.15, -0.1) is 0 Å². The summed E-state index contributed by atoms with van der Waals surface area (Å²) in [5, 5.41) is 18.9. The Morgan fingerprint density at radius 1 is 0.774 bits per heavy atom. The Labute approximate surface area is 196 Å². The van der Waals surface area contributed by atoms with Crippen molar-refractivity contribution in [1.82, 2.24) is 0 Å². The monoisotopic (exact) mass is 476 g/mol. The van der Waals surface area contributed by atoms with Crippen molar-refractivity contribution in [1.29, 1.82) is 0 Å². The van der Waals surface area contributed by atoms with Gasteiger partial charge in [-0.25, -0.2) is 21.6 Å². The molecular weight excluding hydrogens is 467 g/mol. The molecule has 0 bridgehead atoms. The van der Waals surface area contributed by atoms with Crippen molar-refractivity contribution in [2.75, 3.05) is 0 Å². The van der Waals surface area contributed by atoms with Gasteiger partial charge in [-0.05, 0) is 53.0 Å². The normalized spacial score (nSPS) is 10.1. The zero-order valence-corrected chi connectivity index (χ0v) is 19.1. The number of rotatable bonds is 6. The van der Waals surface area contributed by atoms with Crippen LogP contribution in [0.5, 0.6) is 0 Å². The van der Waals surface area contributed by atoms with Crippen molar-refractivity contribution in [3.8, 4) is 0 Å². The number of azide groups is 2. The fourth-order valence-electron chi connectivity index (χ4n) is 1.72. The van der Waals surface area contributed by atoms with E-state index in [-0.39, 0.29) is 50.5 Å². The number of benzene rings is 2. The summed E-state index contributed by atoms with van der Waals surface area (Å²) in [4.78, 5) is 24.6.